The fourth-order valence-electron chi connectivity index (χ4n) is 5.70. The molecule has 1 aliphatic carbocycles. The van der Waals surface area contributed by atoms with Gasteiger partial charge >= 0.3 is 0 Å². The van der Waals surface area contributed by atoms with Crippen molar-refractivity contribution >= 4 is 0 Å². The number of ether oxygens (including phenoxy) is 2. The molecule has 0 saturated heterocycles. The van der Waals surface area contributed by atoms with Gasteiger partial charge in [-0.2, -0.15) is 0 Å². The van der Waals surface area contributed by atoms with E-state index in [-0.39, 0.29) is 17.1 Å². The van der Waals surface area contributed by atoms with E-state index in [1.807, 2.05) is 0 Å². The molecule has 4 atom stereocenters. The van der Waals surface area contributed by atoms with Crippen LogP contribution in [0.4, 0.5) is 0 Å². The van der Waals surface area contributed by atoms with E-state index in [0.717, 1.165) is 24.5 Å². The highest BCUT2D eigenvalue weighted by Crippen LogP contribution is 2.44. The maximum atomic E-state index is 6.38. The largest absolute Gasteiger partial charge is 0.465 e. The van der Waals surface area contributed by atoms with Crippen molar-refractivity contribution in [2.75, 3.05) is 6.61 Å². The molecule has 0 aromatic heterocycles. The van der Waals surface area contributed by atoms with E-state index in [1.165, 1.54) is 37.7 Å². The fraction of sp³-hybridized carbons (Fsp3) is 0.750. The summed E-state index contributed by atoms with van der Waals surface area (Å²) in [6.45, 7) is 23.9. The van der Waals surface area contributed by atoms with Crippen LogP contribution in [0.1, 0.15) is 126 Å². The SMILES string of the molecule is CCOC(CCC1(C)C=C(CC)CC(CC)C1)Oc1ccc(C(CC(C)(C)C)C(C)(C)C)cc1. The molecular weight excluding hydrogens is 416 g/mol. The van der Waals surface area contributed by atoms with Gasteiger partial charge in [0.05, 0.1) is 0 Å². The third-order valence-electron chi connectivity index (χ3n) is 7.61. The predicted molar refractivity (Wildman–Crippen MR) is 147 cm³/mol. The van der Waals surface area contributed by atoms with Gasteiger partial charge in [0.15, 0.2) is 6.29 Å². The molecule has 34 heavy (non-hydrogen) atoms. The van der Waals surface area contributed by atoms with Crippen molar-refractivity contribution in [3.05, 3.63) is 41.5 Å². The summed E-state index contributed by atoms with van der Waals surface area (Å²) in [5.41, 5.74) is 3.81. The van der Waals surface area contributed by atoms with E-state index < -0.39 is 0 Å². The van der Waals surface area contributed by atoms with Crippen molar-refractivity contribution in [2.24, 2.45) is 22.2 Å². The Morgan fingerprint density at radius 3 is 2.15 bits per heavy atom. The summed E-state index contributed by atoms with van der Waals surface area (Å²) in [7, 11) is 0. The Morgan fingerprint density at radius 2 is 1.65 bits per heavy atom. The van der Waals surface area contributed by atoms with Crippen LogP contribution in [0.2, 0.25) is 0 Å². The van der Waals surface area contributed by atoms with Crippen LogP contribution in [-0.4, -0.2) is 12.9 Å². The summed E-state index contributed by atoms with van der Waals surface area (Å²) in [4.78, 5) is 0. The third kappa shape index (κ3) is 9.06. The summed E-state index contributed by atoms with van der Waals surface area (Å²) in [5, 5.41) is 0. The Hall–Kier alpha value is -1.28. The Bertz CT molecular complexity index is 762. The first-order valence-electron chi connectivity index (χ1n) is 13.9. The van der Waals surface area contributed by atoms with Gasteiger partial charge in [0.2, 0.25) is 0 Å². The monoisotopic (exact) mass is 470 g/mol. The normalized spacial score (nSPS) is 23.4. The molecule has 0 bridgehead atoms. The minimum Gasteiger partial charge on any atom is -0.465 e. The van der Waals surface area contributed by atoms with Crippen LogP contribution in [0.15, 0.2) is 35.9 Å². The van der Waals surface area contributed by atoms with Crippen molar-refractivity contribution in [1.82, 2.24) is 0 Å². The van der Waals surface area contributed by atoms with Crippen LogP contribution >= 0.6 is 0 Å². The lowest BCUT2D eigenvalue weighted by Crippen LogP contribution is -2.28. The van der Waals surface area contributed by atoms with Crippen LogP contribution in [-0.2, 0) is 4.74 Å². The minimum absolute atomic E-state index is 0.193. The zero-order valence-corrected chi connectivity index (χ0v) is 24.1. The van der Waals surface area contributed by atoms with E-state index in [2.05, 4.69) is 99.6 Å². The Morgan fingerprint density at radius 1 is 1.00 bits per heavy atom. The molecule has 4 unspecified atom stereocenters. The van der Waals surface area contributed by atoms with E-state index in [1.54, 1.807) is 5.57 Å². The average molecular weight is 471 g/mol. The van der Waals surface area contributed by atoms with E-state index in [4.69, 9.17) is 9.47 Å². The second-order valence-corrected chi connectivity index (χ2v) is 13.3. The summed E-state index contributed by atoms with van der Waals surface area (Å²) >= 11 is 0. The lowest BCUT2D eigenvalue weighted by Gasteiger charge is -2.37. The standard InChI is InChI=1S/C32H54O2/c1-11-24-20-25(12-2)22-32(10,21-24)19-18-29(33-13-3)34-27-16-14-26(15-17-27)28(31(7,8)9)23-30(4,5)6/h14-17,21,25,28-29H,11-13,18-20,22-23H2,1-10H3. The van der Waals surface area contributed by atoms with E-state index in [9.17, 15) is 0 Å². The number of rotatable bonds is 11. The Kier molecular flexibility index (Phi) is 10.3. The topological polar surface area (TPSA) is 18.5 Å². The molecule has 0 radical (unpaired) electrons. The van der Waals surface area contributed by atoms with E-state index >= 15 is 0 Å². The zero-order chi connectivity index (χ0) is 25.6. The van der Waals surface area contributed by atoms with E-state index in [0.29, 0.717) is 17.9 Å². The predicted octanol–water partition coefficient (Wildman–Crippen LogP) is 9.94. The first kappa shape index (κ1) is 29.0. The molecule has 0 spiro atoms. The lowest BCUT2D eigenvalue weighted by atomic mass is 9.69. The third-order valence-corrected chi connectivity index (χ3v) is 7.61. The minimum atomic E-state index is -0.193. The number of benzene rings is 1. The number of allylic oxidation sites excluding steroid dienone is 2. The number of hydrogen-bond donors (Lipinski definition) is 0. The quantitative estimate of drug-likeness (QED) is 0.236. The molecule has 0 heterocycles. The highest BCUT2D eigenvalue weighted by molar-refractivity contribution is 5.30. The van der Waals surface area contributed by atoms with Crippen LogP contribution in [0, 0.1) is 22.2 Å². The molecule has 0 saturated carbocycles. The summed E-state index contributed by atoms with van der Waals surface area (Å²) in [5.74, 6) is 2.24. The highest BCUT2D eigenvalue weighted by Gasteiger charge is 2.32. The van der Waals surface area contributed by atoms with Gasteiger partial charge < -0.3 is 9.47 Å². The molecule has 0 aliphatic heterocycles. The second-order valence-electron chi connectivity index (χ2n) is 13.3. The summed E-state index contributed by atoms with van der Waals surface area (Å²) < 4.78 is 12.4. The molecule has 1 aromatic rings. The molecule has 0 fully saturated rings. The van der Waals surface area contributed by atoms with Crippen LogP contribution in [0.3, 0.4) is 0 Å². The maximum Gasteiger partial charge on any atom is 0.199 e. The molecular formula is C32H54O2. The molecule has 2 heteroatoms. The Labute approximate surface area is 211 Å². The maximum absolute atomic E-state index is 6.38. The van der Waals surface area contributed by atoms with Gasteiger partial charge in [-0.25, -0.2) is 0 Å². The van der Waals surface area contributed by atoms with Gasteiger partial charge in [0.25, 0.3) is 0 Å². The molecule has 2 nitrogen and oxygen atoms in total. The molecule has 194 valence electrons. The molecule has 0 amide bonds. The van der Waals surface area contributed by atoms with Crippen molar-refractivity contribution in [3.63, 3.8) is 0 Å². The van der Waals surface area contributed by atoms with Gasteiger partial charge in [-0.1, -0.05) is 92.5 Å². The van der Waals surface area contributed by atoms with Gasteiger partial charge in [0, 0.05) is 13.0 Å². The van der Waals surface area contributed by atoms with Gasteiger partial charge in [-0.05, 0) is 84.8 Å². The highest BCUT2D eigenvalue weighted by atomic mass is 16.7. The lowest BCUT2D eigenvalue weighted by molar-refractivity contribution is -0.0847. The summed E-state index contributed by atoms with van der Waals surface area (Å²) in [6, 6.07) is 8.83. The summed E-state index contributed by atoms with van der Waals surface area (Å²) in [6.07, 6.45) is 10.6. The molecule has 1 aromatic carbocycles. The first-order chi connectivity index (χ1) is 15.8. The molecule has 1 aliphatic rings. The molecule has 2 rings (SSSR count). The van der Waals surface area contributed by atoms with Crippen molar-refractivity contribution in [2.45, 2.75) is 126 Å². The fourth-order valence-corrected chi connectivity index (χ4v) is 5.70. The van der Waals surface area contributed by atoms with Crippen molar-refractivity contribution in [1.29, 1.82) is 0 Å². The van der Waals surface area contributed by atoms with Gasteiger partial charge in [0.1, 0.15) is 5.75 Å². The van der Waals surface area contributed by atoms with Crippen LogP contribution < -0.4 is 4.74 Å². The average Bonchev–Trinajstić information content (AvgIpc) is 2.75. The second kappa shape index (κ2) is 12.1. The van der Waals surface area contributed by atoms with Crippen LogP contribution in [0.25, 0.3) is 0 Å². The van der Waals surface area contributed by atoms with Gasteiger partial charge in [-0.15, -0.1) is 0 Å². The van der Waals surface area contributed by atoms with Crippen LogP contribution in [0.5, 0.6) is 5.75 Å². The zero-order valence-electron chi connectivity index (χ0n) is 24.1. The molecule has 0 N–H and O–H groups in total. The Balaban J connectivity index is 2.09. The number of hydrogen-bond acceptors (Lipinski definition) is 2. The first-order valence-corrected chi connectivity index (χ1v) is 13.9. The van der Waals surface area contributed by atoms with Crippen molar-refractivity contribution < 1.29 is 9.47 Å². The van der Waals surface area contributed by atoms with Crippen molar-refractivity contribution in [3.8, 4) is 5.75 Å². The smallest absolute Gasteiger partial charge is 0.199 e. The van der Waals surface area contributed by atoms with Gasteiger partial charge in [-0.3, -0.25) is 0 Å².